The molecule has 8 nitrogen and oxygen atoms in total. The highest BCUT2D eigenvalue weighted by atomic mass is 28.3. The summed E-state index contributed by atoms with van der Waals surface area (Å²) in [6.07, 6.45) is 0. The lowest BCUT2D eigenvalue weighted by Crippen LogP contribution is -2.72. The second-order valence-corrected chi connectivity index (χ2v) is 29.1. The Hall–Kier alpha value is -13.1. The molecule has 0 N–H and O–H groups in total. The summed E-state index contributed by atoms with van der Waals surface area (Å²) in [7, 11) is -4.00. The van der Waals surface area contributed by atoms with Gasteiger partial charge in [-0.2, -0.15) is 0 Å². The minimum Gasteiger partial charge on any atom is -0.309 e. The molecular weight excluding hydrogens is 1220 g/mol. The maximum atomic E-state index is 5.68. The summed E-state index contributed by atoms with van der Waals surface area (Å²) in [5.41, 5.74) is 21.4. The van der Waals surface area contributed by atoms with Gasteiger partial charge in [0.2, 0.25) is 0 Å². The molecule has 0 unspecified atom stereocenters. The van der Waals surface area contributed by atoms with Crippen molar-refractivity contribution >= 4 is 72.4 Å². The zero-order chi connectivity index (χ0) is 65.1. The second kappa shape index (κ2) is 22.5. The maximum Gasteiger partial charge on any atom is 0.184 e. The molecule has 0 atom stereocenters. The number of aromatic nitrogens is 8. The number of hydrogen-bond donors (Lipinski definition) is 0. The van der Waals surface area contributed by atoms with Crippen LogP contribution in [0.3, 0.4) is 0 Å². The van der Waals surface area contributed by atoms with Gasteiger partial charge in [-0.25, -0.2) is 29.9 Å². The Morgan fingerprint density at radius 2 is 0.444 bits per heavy atom. The van der Waals surface area contributed by atoms with Crippen molar-refractivity contribution in [3.63, 3.8) is 0 Å². The Balaban J connectivity index is 0.951. The quantitative estimate of drug-likeness (QED) is 0.127. The molecular formula is C90H56N8Si. The molecule has 2 aliphatic heterocycles. The van der Waals surface area contributed by atoms with Crippen molar-refractivity contribution in [2.24, 2.45) is 0 Å². The Morgan fingerprint density at radius 3 is 0.788 bits per heavy atom. The lowest BCUT2D eigenvalue weighted by molar-refractivity contribution is 1.08. The Kier molecular flexibility index (Phi) is 12.8. The third-order valence-corrected chi connectivity index (χ3v) is 25.4. The normalized spacial score (nSPS) is 12.5. The van der Waals surface area contributed by atoms with E-state index < -0.39 is 8.07 Å². The van der Waals surface area contributed by atoms with Crippen LogP contribution in [0.4, 0.5) is 0 Å². The molecule has 99 heavy (non-hydrogen) atoms. The molecule has 6 heterocycles. The fourth-order valence-electron chi connectivity index (χ4n) is 16.2. The van der Waals surface area contributed by atoms with E-state index in [9.17, 15) is 0 Å². The van der Waals surface area contributed by atoms with Gasteiger partial charge in [0, 0.05) is 66.3 Å². The smallest absolute Gasteiger partial charge is 0.184 e. The molecule has 20 rings (SSSR count). The van der Waals surface area contributed by atoms with Gasteiger partial charge in [0.1, 0.15) is 0 Å². The number of para-hydroxylation sites is 4. The summed E-state index contributed by atoms with van der Waals surface area (Å²) >= 11 is 0. The molecule has 9 heteroatoms. The first-order valence-corrected chi connectivity index (χ1v) is 35.6. The van der Waals surface area contributed by atoms with E-state index in [1.165, 1.54) is 53.4 Å². The highest BCUT2D eigenvalue weighted by molar-refractivity contribution is 7.26. The summed E-state index contributed by atoms with van der Waals surface area (Å²) in [5, 5.41) is 9.67. The first kappa shape index (κ1) is 56.3. The van der Waals surface area contributed by atoms with E-state index in [1.807, 2.05) is 24.3 Å². The van der Waals surface area contributed by atoms with E-state index in [0.29, 0.717) is 34.9 Å². The zero-order valence-corrected chi connectivity index (χ0v) is 54.4. The second-order valence-electron chi connectivity index (χ2n) is 25.6. The molecule has 2 aliphatic rings. The number of benzene rings is 14. The predicted octanol–water partition coefficient (Wildman–Crippen LogP) is 18.9. The molecule has 0 bridgehead atoms. The van der Waals surface area contributed by atoms with Crippen LogP contribution in [-0.4, -0.2) is 47.1 Å². The van der Waals surface area contributed by atoms with Crippen molar-refractivity contribution in [3.05, 3.63) is 340 Å². The van der Waals surface area contributed by atoms with Crippen molar-refractivity contribution < 1.29 is 0 Å². The van der Waals surface area contributed by atoms with E-state index in [1.54, 1.807) is 0 Å². The van der Waals surface area contributed by atoms with E-state index in [0.717, 1.165) is 100 Å². The Bertz CT molecular complexity index is 5770. The average molecular weight is 1280 g/mol. The summed E-state index contributed by atoms with van der Waals surface area (Å²) < 4.78 is 4.81. The fraction of sp³-hybridized carbons (Fsp3) is 0. The van der Waals surface area contributed by atoms with E-state index in [-0.39, 0.29) is 0 Å². The van der Waals surface area contributed by atoms with Crippen LogP contribution in [-0.2, 0) is 0 Å². The third-order valence-electron chi connectivity index (χ3n) is 20.2. The lowest BCUT2D eigenvalue weighted by atomic mass is 9.95. The molecule has 0 amide bonds. The van der Waals surface area contributed by atoms with Crippen LogP contribution in [0.15, 0.2) is 340 Å². The average Bonchev–Trinajstić information content (AvgIpc) is 1.49. The van der Waals surface area contributed by atoms with Gasteiger partial charge >= 0.3 is 0 Å². The van der Waals surface area contributed by atoms with E-state index >= 15 is 0 Å². The highest BCUT2D eigenvalue weighted by Gasteiger charge is 2.59. The molecule has 0 saturated heterocycles. The first-order valence-electron chi connectivity index (χ1n) is 33.6. The molecule has 0 saturated carbocycles. The largest absolute Gasteiger partial charge is 0.309 e. The molecule has 14 aromatic carbocycles. The zero-order valence-electron chi connectivity index (χ0n) is 53.4. The topological polar surface area (TPSA) is 87.2 Å². The fourth-order valence-corrected chi connectivity index (χ4v) is 22.6. The Labute approximate surface area is 571 Å². The highest BCUT2D eigenvalue weighted by Crippen LogP contribution is 2.47. The summed E-state index contributed by atoms with van der Waals surface area (Å²) in [5.74, 6) is 3.56. The van der Waals surface area contributed by atoms with Gasteiger partial charge in [-0.05, 0) is 126 Å². The van der Waals surface area contributed by atoms with Crippen LogP contribution < -0.4 is 20.7 Å². The van der Waals surface area contributed by atoms with Crippen LogP contribution in [0.5, 0.6) is 0 Å². The van der Waals surface area contributed by atoms with Gasteiger partial charge in [0.05, 0.1) is 22.1 Å². The molecule has 18 aromatic rings. The van der Waals surface area contributed by atoms with Crippen LogP contribution in [0.1, 0.15) is 0 Å². The molecule has 1 spiro atoms. The van der Waals surface area contributed by atoms with E-state index in [2.05, 4.69) is 325 Å². The Morgan fingerprint density at radius 1 is 0.182 bits per heavy atom. The van der Waals surface area contributed by atoms with Gasteiger partial charge < -0.3 is 9.13 Å². The summed E-state index contributed by atoms with van der Waals surface area (Å²) in [6.45, 7) is 0. The van der Waals surface area contributed by atoms with Gasteiger partial charge in [-0.15, -0.1) is 0 Å². The van der Waals surface area contributed by atoms with E-state index in [4.69, 9.17) is 29.9 Å². The molecule has 4 aromatic heterocycles. The van der Waals surface area contributed by atoms with Gasteiger partial charge in [0.25, 0.3) is 0 Å². The minimum atomic E-state index is -4.00. The van der Waals surface area contributed by atoms with Crippen LogP contribution in [0.25, 0.3) is 168 Å². The lowest BCUT2D eigenvalue weighted by Gasteiger charge is -2.34. The van der Waals surface area contributed by atoms with Crippen LogP contribution in [0, 0.1) is 0 Å². The van der Waals surface area contributed by atoms with Crippen LogP contribution >= 0.6 is 0 Å². The van der Waals surface area contributed by atoms with Gasteiger partial charge in [-0.1, -0.05) is 279 Å². The molecule has 0 aliphatic carbocycles. The number of rotatable bonds is 10. The third kappa shape index (κ3) is 8.71. The SMILES string of the molecule is c1ccc(-c2nc(-c3ccccc3)nc(-c3cccc4c3[Si]3(c5c(-c6ccc7c(c6)c6ccccc6n7-c6ccccc6)cccc5-c5cccc(-c6ccc7c(c6)c6ccccc6n7-c6ccccc6)c53)c3c(-c5nc(-c6ccccc6)nc(-c6ccccc6)n5)cccc3-4)n2)cc1. The first-order chi connectivity index (χ1) is 49.1. The van der Waals surface area contributed by atoms with Crippen molar-refractivity contribution in [2.75, 3.05) is 0 Å². The number of nitrogens with zero attached hydrogens (tertiary/aromatic N) is 8. The number of fused-ring (bicyclic) bond motifs is 16. The predicted molar refractivity (Wildman–Crippen MR) is 407 cm³/mol. The minimum absolute atomic E-state index is 0.592. The number of hydrogen-bond acceptors (Lipinski definition) is 6. The summed E-state index contributed by atoms with van der Waals surface area (Å²) in [6, 6.07) is 123. The van der Waals surface area contributed by atoms with Gasteiger partial charge in [-0.3, -0.25) is 0 Å². The van der Waals surface area contributed by atoms with Crippen molar-refractivity contribution in [2.45, 2.75) is 0 Å². The van der Waals surface area contributed by atoms with Gasteiger partial charge in [0.15, 0.2) is 43.0 Å². The molecule has 0 radical (unpaired) electrons. The molecule has 460 valence electrons. The van der Waals surface area contributed by atoms with Crippen molar-refractivity contribution in [1.29, 1.82) is 0 Å². The van der Waals surface area contributed by atoms with Crippen molar-refractivity contribution in [1.82, 2.24) is 39.0 Å². The monoisotopic (exact) mass is 1280 g/mol. The molecule has 0 fully saturated rings. The van der Waals surface area contributed by atoms with Crippen molar-refractivity contribution in [3.8, 4) is 124 Å². The summed E-state index contributed by atoms with van der Waals surface area (Å²) in [4.78, 5) is 33.4. The van der Waals surface area contributed by atoms with Crippen LogP contribution in [0.2, 0.25) is 0 Å². The standard InChI is InChI=1S/C90H56N8Si/c1-7-27-57(28-8-1)85-91-86(58-29-9-2-10-30-58)94-89(93-85)73-47-25-45-71-72-46-26-48-74(90-95-87(59-31-11-3-12-32-59)92-88(96-90)60-33-13-4-14-34-60)84(72)99(83(71)73)81-65(61-51-53-79-75(55-61)67-39-19-21-49-77(67)97(79)63-35-15-5-16-36-63)41-23-43-69(81)70-44-24-42-66(82(70)99)62-52-54-80-76(56-62)68-40-20-22-50-78(68)98(80)64-37-17-6-18-38-64/h1-56H. The maximum absolute atomic E-state index is 5.68.